The minimum Gasteiger partial charge on any atom is -0.324 e. The van der Waals surface area contributed by atoms with Gasteiger partial charge in [0.2, 0.25) is 5.91 Å². The number of carbonyl (C=O) groups excluding carboxylic acids is 1. The molecule has 8 atom stereocenters. The summed E-state index contributed by atoms with van der Waals surface area (Å²) < 4.78 is 16.7. The van der Waals surface area contributed by atoms with Crippen LogP contribution < -0.4 is 10.9 Å². The van der Waals surface area contributed by atoms with Crippen LogP contribution >= 0.6 is 7.60 Å². The van der Waals surface area contributed by atoms with Crippen molar-refractivity contribution in [2.45, 2.75) is 44.6 Å². The summed E-state index contributed by atoms with van der Waals surface area (Å²) in [7, 11) is -2.12. The fourth-order valence-electron chi connectivity index (χ4n) is 6.15. The molecule has 3 aliphatic carbocycles. The molecule has 1 amide bonds. The zero-order valence-corrected chi connectivity index (χ0v) is 14.5. The van der Waals surface area contributed by atoms with E-state index in [1.807, 2.05) is 0 Å². The maximum atomic E-state index is 12.2. The molecule has 1 heterocycles. The fraction of sp³-hybridized carbons (Fsp3) is 0.938. The molecule has 0 aromatic carbocycles. The summed E-state index contributed by atoms with van der Waals surface area (Å²) in [5.41, 5.74) is 6.19. The molecule has 3 saturated carbocycles. The third-order valence-electron chi connectivity index (χ3n) is 6.97. The van der Waals surface area contributed by atoms with E-state index >= 15 is 0 Å². The molecule has 1 saturated heterocycles. The van der Waals surface area contributed by atoms with Gasteiger partial charge in [-0.25, -0.2) is 5.43 Å². The first kappa shape index (κ1) is 16.1. The first-order valence-corrected chi connectivity index (χ1v) is 10.7. The summed E-state index contributed by atoms with van der Waals surface area (Å²) in [4.78, 5) is 22.0. The molecule has 0 aromatic heterocycles. The van der Waals surface area contributed by atoms with Crippen molar-refractivity contribution in [3.05, 3.63) is 0 Å². The molecule has 8 unspecified atom stereocenters. The molecule has 4 aliphatic rings. The van der Waals surface area contributed by atoms with E-state index < -0.39 is 7.60 Å². The molecule has 130 valence electrons. The van der Waals surface area contributed by atoms with Crippen LogP contribution in [0.15, 0.2) is 0 Å². The SMILES string of the molecule is COP(=O)(O)CC1CCC2C(C1)C1NNC(=O)C3CCCC2C31. The first-order chi connectivity index (χ1) is 11.0. The van der Waals surface area contributed by atoms with Gasteiger partial charge in [0.15, 0.2) is 0 Å². The van der Waals surface area contributed by atoms with Gasteiger partial charge in [-0.1, -0.05) is 6.42 Å². The number of amides is 1. The number of fused-ring (bicyclic) bond motifs is 3. The van der Waals surface area contributed by atoms with Gasteiger partial charge >= 0.3 is 7.60 Å². The second-order valence-electron chi connectivity index (χ2n) is 7.95. The zero-order valence-electron chi connectivity index (χ0n) is 13.6. The van der Waals surface area contributed by atoms with E-state index in [1.165, 1.54) is 13.5 Å². The number of rotatable bonds is 3. The Morgan fingerprint density at radius 1 is 1.22 bits per heavy atom. The number of hydrogen-bond acceptors (Lipinski definition) is 4. The van der Waals surface area contributed by atoms with Crippen LogP contribution in [0.3, 0.4) is 0 Å². The molecule has 3 N–H and O–H groups in total. The predicted molar refractivity (Wildman–Crippen MR) is 85.4 cm³/mol. The highest BCUT2D eigenvalue weighted by molar-refractivity contribution is 7.52. The van der Waals surface area contributed by atoms with E-state index in [4.69, 9.17) is 4.52 Å². The lowest BCUT2D eigenvalue weighted by Gasteiger charge is -2.41. The minimum absolute atomic E-state index is 0.172. The van der Waals surface area contributed by atoms with Gasteiger partial charge < -0.3 is 9.42 Å². The summed E-state index contributed by atoms with van der Waals surface area (Å²) in [6.07, 6.45) is 6.81. The van der Waals surface area contributed by atoms with Gasteiger partial charge in [-0.05, 0) is 61.7 Å². The smallest absolute Gasteiger partial charge is 0.324 e. The second-order valence-corrected chi connectivity index (χ2v) is 9.95. The molecule has 1 aliphatic heterocycles. The molecular weight excluding hydrogens is 315 g/mol. The molecule has 0 bridgehead atoms. The van der Waals surface area contributed by atoms with E-state index in [0.29, 0.717) is 29.7 Å². The standard InChI is InChI=1S/C16H27N2O4P/c1-22-23(20,21)8-9-5-6-10-11-3-2-4-12-14(11)15(13(10)7-9)17-18-16(12)19/h9-15,17H,2-8H2,1H3,(H,18,19)(H,20,21). The summed E-state index contributed by atoms with van der Waals surface area (Å²) >= 11 is 0. The Hall–Kier alpha value is -0.420. The molecule has 6 nitrogen and oxygen atoms in total. The average Bonchev–Trinajstić information content (AvgIpc) is 2.85. The molecule has 0 spiro atoms. The first-order valence-electron chi connectivity index (χ1n) is 8.93. The maximum absolute atomic E-state index is 12.2. The molecule has 0 radical (unpaired) electrons. The van der Waals surface area contributed by atoms with Crippen molar-refractivity contribution >= 4 is 13.5 Å². The van der Waals surface area contributed by atoms with Gasteiger partial charge in [-0.15, -0.1) is 0 Å². The van der Waals surface area contributed by atoms with E-state index in [1.54, 1.807) is 0 Å². The molecule has 4 rings (SSSR count). The fourth-order valence-corrected chi connectivity index (χ4v) is 7.28. The normalized spacial score (nSPS) is 48.1. The molecular formula is C16H27N2O4P. The monoisotopic (exact) mass is 342 g/mol. The number of hydrazine groups is 1. The second kappa shape index (κ2) is 5.83. The Morgan fingerprint density at radius 2 is 2.04 bits per heavy atom. The van der Waals surface area contributed by atoms with Gasteiger partial charge in [-0.2, -0.15) is 0 Å². The van der Waals surface area contributed by atoms with Crippen LogP contribution in [0.25, 0.3) is 0 Å². The highest BCUT2D eigenvalue weighted by Gasteiger charge is 2.58. The van der Waals surface area contributed by atoms with Crippen LogP contribution in [0.5, 0.6) is 0 Å². The average molecular weight is 342 g/mol. The summed E-state index contributed by atoms with van der Waals surface area (Å²) in [6, 6.07) is 0.344. The summed E-state index contributed by atoms with van der Waals surface area (Å²) in [5.74, 6) is 2.91. The van der Waals surface area contributed by atoms with E-state index in [-0.39, 0.29) is 23.9 Å². The lowest BCUT2D eigenvalue weighted by molar-refractivity contribution is -0.134. The lowest BCUT2D eigenvalue weighted by Crippen LogP contribution is -2.60. The van der Waals surface area contributed by atoms with Crippen LogP contribution in [-0.4, -0.2) is 30.1 Å². The third-order valence-corrected chi connectivity index (χ3v) is 8.52. The van der Waals surface area contributed by atoms with E-state index in [2.05, 4.69) is 10.9 Å². The van der Waals surface area contributed by atoms with Crippen molar-refractivity contribution in [3.63, 3.8) is 0 Å². The van der Waals surface area contributed by atoms with Gasteiger partial charge in [0.1, 0.15) is 0 Å². The Balaban J connectivity index is 1.53. The van der Waals surface area contributed by atoms with Crippen molar-refractivity contribution < 1.29 is 18.8 Å². The van der Waals surface area contributed by atoms with Crippen molar-refractivity contribution in [1.82, 2.24) is 10.9 Å². The highest BCUT2D eigenvalue weighted by atomic mass is 31.2. The van der Waals surface area contributed by atoms with Gasteiger partial charge in [-0.3, -0.25) is 14.8 Å². The van der Waals surface area contributed by atoms with Crippen molar-refractivity contribution in [3.8, 4) is 0 Å². The van der Waals surface area contributed by atoms with Crippen molar-refractivity contribution in [1.29, 1.82) is 0 Å². The molecule has 23 heavy (non-hydrogen) atoms. The molecule has 4 fully saturated rings. The van der Waals surface area contributed by atoms with Crippen LogP contribution in [0, 0.1) is 35.5 Å². The topological polar surface area (TPSA) is 87.7 Å². The van der Waals surface area contributed by atoms with Gasteiger partial charge in [0, 0.05) is 19.1 Å². The van der Waals surface area contributed by atoms with Crippen LogP contribution in [0.1, 0.15) is 38.5 Å². The lowest BCUT2D eigenvalue weighted by atomic mass is 9.68. The van der Waals surface area contributed by atoms with E-state index in [9.17, 15) is 14.3 Å². The van der Waals surface area contributed by atoms with Crippen LogP contribution in [0.4, 0.5) is 0 Å². The van der Waals surface area contributed by atoms with E-state index in [0.717, 1.165) is 32.1 Å². The number of hydrogen-bond donors (Lipinski definition) is 3. The predicted octanol–water partition coefficient (Wildman–Crippen LogP) is 1.90. The Labute approximate surface area is 137 Å². The van der Waals surface area contributed by atoms with Gasteiger partial charge in [0.25, 0.3) is 0 Å². The zero-order chi connectivity index (χ0) is 16.2. The molecule has 7 heteroatoms. The Bertz CT molecular complexity index is 542. The van der Waals surface area contributed by atoms with Crippen LogP contribution in [0.2, 0.25) is 0 Å². The highest BCUT2D eigenvalue weighted by Crippen LogP contribution is 2.58. The minimum atomic E-state index is -3.44. The van der Waals surface area contributed by atoms with Crippen molar-refractivity contribution in [2.24, 2.45) is 35.5 Å². The molecule has 0 aromatic rings. The van der Waals surface area contributed by atoms with Gasteiger partial charge in [0.05, 0.1) is 6.16 Å². The quantitative estimate of drug-likeness (QED) is 0.682. The number of nitrogens with one attached hydrogen (secondary N) is 2. The van der Waals surface area contributed by atoms with Crippen LogP contribution in [-0.2, 0) is 13.9 Å². The van der Waals surface area contributed by atoms with Crippen molar-refractivity contribution in [2.75, 3.05) is 13.3 Å². The summed E-state index contributed by atoms with van der Waals surface area (Å²) in [6.45, 7) is 0. The Kier molecular flexibility index (Phi) is 4.08. The Morgan fingerprint density at radius 3 is 2.83 bits per heavy atom. The summed E-state index contributed by atoms with van der Waals surface area (Å²) in [5, 5.41) is 0. The largest absolute Gasteiger partial charge is 0.328 e. The maximum Gasteiger partial charge on any atom is 0.328 e. The third kappa shape index (κ3) is 2.68. The number of carbonyl (C=O) groups is 1.